The van der Waals surface area contributed by atoms with E-state index in [4.69, 9.17) is 5.41 Å². The van der Waals surface area contributed by atoms with E-state index < -0.39 is 5.54 Å². The van der Waals surface area contributed by atoms with Gasteiger partial charge in [0, 0.05) is 5.69 Å². The van der Waals surface area contributed by atoms with Crippen molar-refractivity contribution >= 4 is 28.1 Å². The van der Waals surface area contributed by atoms with E-state index in [1.807, 2.05) is 24.3 Å². The minimum Gasteiger partial charge on any atom is -0.509 e. The van der Waals surface area contributed by atoms with Crippen molar-refractivity contribution in [2.75, 3.05) is 4.90 Å². The molecule has 1 aliphatic heterocycles. The Morgan fingerprint density at radius 1 is 1.19 bits per heavy atom. The lowest BCUT2D eigenvalue weighted by Crippen LogP contribution is -2.43. The number of nitrogens with one attached hydrogen (secondary N) is 2. The van der Waals surface area contributed by atoms with Crippen molar-refractivity contribution in [2.24, 2.45) is 0 Å². The number of para-hydroxylation sites is 2. The lowest BCUT2D eigenvalue weighted by Gasteiger charge is -2.33. The summed E-state index contributed by atoms with van der Waals surface area (Å²) in [4.78, 5) is 9.30. The molecule has 1 aliphatic rings. The van der Waals surface area contributed by atoms with Gasteiger partial charge in [0.1, 0.15) is 23.2 Å². The van der Waals surface area contributed by atoms with Crippen LogP contribution in [0.2, 0.25) is 0 Å². The molecule has 1 aromatic heterocycles. The quantitative estimate of drug-likeness (QED) is 0.634. The van der Waals surface area contributed by atoms with Crippen LogP contribution in [-0.2, 0) is 0 Å². The minimum atomic E-state index is -0.897. The van der Waals surface area contributed by atoms with Crippen LogP contribution in [0.3, 0.4) is 0 Å². The maximum atomic E-state index is 13.9. The van der Waals surface area contributed by atoms with Gasteiger partial charge in [-0.25, -0.2) is 9.37 Å². The predicted molar refractivity (Wildman–Crippen MR) is 101 cm³/mol. The van der Waals surface area contributed by atoms with Gasteiger partial charge in [0.15, 0.2) is 0 Å². The van der Waals surface area contributed by atoms with E-state index in [0.29, 0.717) is 17.1 Å². The maximum absolute atomic E-state index is 13.9. The van der Waals surface area contributed by atoms with Crippen molar-refractivity contribution in [1.29, 1.82) is 5.41 Å². The number of hydrogen-bond donors (Lipinski definition) is 3. The summed E-state index contributed by atoms with van der Waals surface area (Å²) in [5.74, 6) is 0.165. The molecule has 4 rings (SSSR count). The number of aliphatic hydroxyl groups is 1. The number of rotatable bonds is 2. The number of aryl methyl sites for hydroxylation is 1. The van der Waals surface area contributed by atoms with Gasteiger partial charge in [-0.2, -0.15) is 0 Å². The highest BCUT2D eigenvalue weighted by molar-refractivity contribution is 6.31. The Bertz CT molecular complexity index is 1030. The summed E-state index contributed by atoms with van der Waals surface area (Å²) in [7, 11) is 0. The zero-order valence-electron chi connectivity index (χ0n) is 14.8. The van der Waals surface area contributed by atoms with Crippen molar-refractivity contribution in [3.63, 3.8) is 0 Å². The fraction of sp³-hybridized carbons (Fsp3) is 0.200. The second-order valence-electron chi connectivity index (χ2n) is 7.06. The third-order valence-electron chi connectivity index (χ3n) is 4.75. The van der Waals surface area contributed by atoms with E-state index in [-0.39, 0.29) is 17.4 Å². The zero-order valence-corrected chi connectivity index (χ0v) is 14.8. The molecule has 5 nitrogen and oxygen atoms in total. The Balaban J connectivity index is 1.86. The first-order valence-corrected chi connectivity index (χ1v) is 8.34. The van der Waals surface area contributed by atoms with Crippen LogP contribution >= 0.6 is 0 Å². The molecule has 0 atom stereocenters. The van der Waals surface area contributed by atoms with Gasteiger partial charge in [0.25, 0.3) is 0 Å². The fourth-order valence-electron chi connectivity index (χ4n) is 3.51. The SMILES string of the molecule is Cc1cc(F)cc(N2C(=N)C(c3nc4ccccc4[nH]3)=C(O)C2(C)C)c1. The summed E-state index contributed by atoms with van der Waals surface area (Å²) in [6.07, 6.45) is 0. The highest BCUT2D eigenvalue weighted by atomic mass is 19.1. The lowest BCUT2D eigenvalue weighted by molar-refractivity contribution is 0.333. The van der Waals surface area contributed by atoms with Crippen molar-refractivity contribution in [2.45, 2.75) is 26.3 Å². The first kappa shape index (κ1) is 16.3. The molecule has 2 heterocycles. The summed E-state index contributed by atoms with van der Waals surface area (Å²) in [5, 5.41) is 19.5. The number of amidine groups is 1. The van der Waals surface area contributed by atoms with Crippen LogP contribution in [0.25, 0.3) is 16.6 Å². The Morgan fingerprint density at radius 2 is 1.92 bits per heavy atom. The van der Waals surface area contributed by atoms with Gasteiger partial charge in [-0.05, 0) is 56.7 Å². The largest absolute Gasteiger partial charge is 0.509 e. The van der Waals surface area contributed by atoms with E-state index >= 15 is 0 Å². The highest BCUT2D eigenvalue weighted by Crippen LogP contribution is 2.41. The number of aliphatic hydroxyl groups excluding tert-OH is 1. The van der Waals surface area contributed by atoms with Gasteiger partial charge in [-0.3, -0.25) is 5.41 Å². The Labute approximate surface area is 150 Å². The van der Waals surface area contributed by atoms with Crippen LogP contribution in [0.4, 0.5) is 10.1 Å². The number of H-pyrrole nitrogens is 1. The van der Waals surface area contributed by atoms with Crippen LogP contribution in [0.1, 0.15) is 25.2 Å². The average Bonchev–Trinajstić information content (AvgIpc) is 3.03. The number of halogens is 1. The Morgan fingerprint density at radius 3 is 2.62 bits per heavy atom. The van der Waals surface area contributed by atoms with Crippen molar-refractivity contribution in [1.82, 2.24) is 9.97 Å². The number of fused-ring (bicyclic) bond motifs is 1. The van der Waals surface area contributed by atoms with Crippen LogP contribution < -0.4 is 4.90 Å². The molecular weight excluding hydrogens is 331 g/mol. The van der Waals surface area contributed by atoms with E-state index in [1.54, 1.807) is 31.7 Å². The van der Waals surface area contributed by atoms with E-state index in [0.717, 1.165) is 16.6 Å². The smallest absolute Gasteiger partial charge is 0.145 e. The summed E-state index contributed by atoms with van der Waals surface area (Å²) < 4.78 is 13.9. The molecule has 26 heavy (non-hydrogen) atoms. The van der Waals surface area contributed by atoms with Crippen LogP contribution in [-0.4, -0.2) is 26.4 Å². The molecule has 6 heteroatoms. The van der Waals surface area contributed by atoms with Crippen LogP contribution in [0.5, 0.6) is 0 Å². The number of hydrogen-bond acceptors (Lipinski definition) is 3. The molecule has 0 saturated carbocycles. The number of imidazole rings is 1. The second-order valence-corrected chi connectivity index (χ2v) is 7.06. The molecule has 2 aromatic carbocycles. The number of aromatic nitrogens is 2. The standard InChI is InChI=1S/C20H19FN4O/c1-11-8-12(21)10-13(9-11)25-18(22)16(17(26)20(25,2)3)19-23-14-6-4-5-7-15(14)24-19/h4-10,22,26H,1-3H3,(H,23,24). The molecule has 0 spiro atoms. The molecule has 0 amide bonds. The van der Waals surface area contributed by atoms with Crippen LogP contribution in [0, 0.1) is 18.2 Å². The molecule has 0 bridgehead atoms. The molecule has 0 saturated heterocycles. The fourth-order valence-corrected chi connectivity index (χ4v) is 3.51. The van der Waals surface area contributed by atoms with Crippen LogP contribution in [0.15, 0.2) is 48.2 Å². The van der Waals surface area contributed by atoms with E-state index in [9.17, 15) is 9.50 Å². The minimum absolute atomic E-state index is 0.0310. The molecule has 0 aliphatic carbocycles. The van der Waals surface area contributed by atoms with Crippen molar-refractivity contribution in [3.8, 4) is 0 Å². The summed E-state index contributed by atoms with van der Waals surface area (Å²) in [5.41, 5.74) is 2.29. The van der Waals surface area contributed by atoms with E-state index in [2.05, 4.69) is 9.97 Å². The van der Waals surface area contributed by atoms with Crippen molar-refractivity contribution in [3.05, 3.63) is 65.4 Å². The van der Waals surface area contributed by atoms with Gasteiger partial charge in [-0.1, -0.05) is 12.1 Å². The Kier molecular flexibility index (Phi) is 3.41. The van der Waals surface area contributed by atoms with Gasteiger partial charge < -0.3 is 15.0 Å². The second kappa shape index (κ2) is 5.42. The number of nitrogens with zero attached hydrogens (tertiary/aromatic N) is 2. The Hall–Kier alpha value is -3.15. The summed E-state index contributed by atoms with van der Waals surface area (Å²) in [6.45, 7) is 5.40. The van der Waals surface area contributed by atoms with Gasteiger partial charge in [0.2, 0.25) is 0 Å². The third-order valence-corrected chi connectivity index (χ3v) is 4.75. The third kappa shape index (κ3) is 2.29. The number of aromatic amines is 1. The zero-order chi connectivity index (χ0) is 18.6. The number of anilines is 1. The molecule has 0 fully saturated rings. The molecule has 132 valence electrons. The monoisotopic (exact) mass is 350 g/mol. The van der Waals surface area contributed by atoms with Gasteiger partial charge in [0.05, 0.1) is 22.1 Å². The van der Waals surface area contributed by atoms with Gasteiger partial charge in [-0.15, -0.1) is 0 Å². The average molecular weight is 350 g/mol. The highest BCUT2D eigenvalue weighted by Gasteiger charge is 2.45. The molecule has 3 aromatic rings. The number of benzene rings is 2. The maximum Gasteiger partial charge on any atom is 0.145 e. The van der Waals surface area contributed by atoms with Crippen molar-refractivity contribution < 1.29 is 9.50 Å². The summed E-state index contributed by atoms with van der Waals surface area (Å²) in [6, 6.07) is 12.1. The normalized spacial score (nSPS) is 16.8. The molecule has 0 unspecified atom stereocenters. The van der Waals surface area contributed by atoms with E-state index in [1.165, 1.54) is 12.1 Å². The molecule has 0 radical (unpaired) electrons. The first-order chi connectivity index (χ1) is 12.3. The lowest BCUT2D eigenvalue weighted by atomic mass is 10.0. The first-order valence-electron chi connectivity index (χ1n) is 8.34. The topological polar surface area (TPSA) is 76.0 Å². The van der Waals surface area contributed by atoms with Gasteiger partial charge >= 0.3 is 0 Å². The molecular formula is C20H19FN4O. The summed E-state index contributed by atoms with van der Waals surface area (Å²) >= 11 is 0. The predicted octanol–water partition coefficient (Wildman–Crippen LogP) is 4.56. The molecule has 3 N–H and O–H groups in total.